The van der Waals surface area contributed by atoms with Crippen LogP contribution in [-0.4, -0.2) is 27.6 Å². The van der Waals surface area contributed by atoms with Crippen molar-refractivity contribution < 1.29 is 19.0 Å². The first-order chi connectivity index (χ1) is 9.10. The van der Waals surface area contributed by atoms with Gasteiger partial charge in [0.25, 0.3) is 0 Å². The topological polar surface area (TPSA) is 59.4 Å². The van der Waals surface area contributed by atoms with Gasteiger partial charge in [-0.05, 0) is 18.4 Å². The van der Waals surface area contributed by atoms with Gasteiger partial charge in [0, 0.05) is 11.7 Å². The zero-order chi connectivity index (χ0) is 13.8. The van der Waals surface area contributed by atoms with Crippen LogP contribution in [0.4, 0.5) is 4.39 Å². The minimum Gasteiger partial charge on any atom is -0.477 e. The molecule has 1 aromatic rings. The molecule has 1 aliphatic rings. The molecule has 0 spiro atoms. The lowest BCUT2D eigenvalue weighted by Gasteiger charge is -2.17. The second-order valence-electron chi connectivity index (χ2n) is 3.91. The van der Waals surface area contributed by atoms with E-state index in [1.807, 2.05) is 18.4 Å². The Morgan fingerprint density at radius 3 is 3.11 bits per heavy atom. The molecule has 0 fully saturated rings. The fourth-order valence-corrected chi connectivity index (χ4v) is 2.22. The second-order valence-corrected chi connectivity index (χ2v) is 4.99. The van der Waals surface area contributed by atoms with Gasteiger partial charge in [0.15, 0.2) is 0 Å². The van der Waals surface area contributed by atoms with Crippen molar-refractivity contribution in [1.82, 2.24) is 4.98 Å². The summed E-state index contributed by atoms with van der Waals surface area (Å²) in [6.07, 6.45) is 9.21. The van der Waals surface area contributed by atoms with Crippen molar-refractivity contribution in [2.45, 2.75) is 11.7 Å². The van der Waals surface area contributed by atoms with Crippen molar-refractivity contribution in [3.63, 3.8) is 0 Å². The maximum Gasteiger partial charge on any atom is 0.341 e. The van der Waals surface area contributed by atoms with Crippen molar-refractivity contribution >= 4 is 17.7 Å². The van der Waals surface area contributed by atoms with E-state index in [2.05, 4.69) is 4.98 Å². The van der Waals surface area contributed by atoms with Crippen LogP contribution in [0.25, 0.3) is 0 Å². The lowest BCUT2D eigenvalue weighted by Crippen LogP contribution is -2.11. The van der Waals surface area contributed by atoms with Gasteiger partial charge in [-0.1, -0.05) is 12.2 Å². The maximum atomic E-state index is 13.0. The highest BCUT2D eigenvalue weighted by molar-refractivity contribution is 7.99. The molecule has 6 heteroatoms. The highest BCUT2D eigenvalue weighted by Crippen LogP contribution is 2.26. The first-order valence-corrected chi connectivity index (χ1v) is 6.86. The molecule has 0 saturated heterocycles. The number of ether oxygens (including phenoxy) is 1. The molecule has 19 heavy (non-hydrogen) atoms. The molecule has 1 aromatic heterocycles. The first-order valence-electron chi connectivity index (χ1n) is 5.57. The standard InChI is InChI=1S/C13H12FNO3S/c1-19-10-4-2-3-9(6-10)18-12-11(13(16)17)5-8(14)7-15-12/h2-5,7,10H,6H2,1H3,(H,16,17). The number of thioether (sulfide) groups is 1. The molecular weight excluding hydrogens is 269 g/mol. The lowest BCUT2D eigenvalue weighted by atomic mass is 10.1. The highest BCUT2D eigenvalue weighted by Gasteiger charge is 2.18. The van der Waals surface area contributed by atoms with Crippen LogP contribution in [0.5, 0.6) is 5.88 Å². The molecule has 0 bridgehead atoms. The summed E-state index contributed by atoms with van der Waals surface area (Å²) >= 11 is 1.67. The number of rotatable bonds is 4. The third-order valence-corrected chi connectivity index (χ3v) is 3.52. The van der Waals surface area contributed by atoms with E-state index in [1.54, 1.807) is 17.8 Å². The van der Waals surface area contributed by atoms with E-state index < -0.39 is 11.8 Å². The summed E-state index contributed by atoms with van der Waals surface area (Å²) in [6, 6.07) is 0.899. The number of allylic oxidation sites excluding steroid dienone is 3. The van der Waals surface area contributed by atoms with E-state index >= 15 is 0 Å². The lowest BCUT2D eigenvalue weighted by molar-refractivity contribution is 0.0692. The van der Waals surface area contributed by atoms with Crippen LogP contribution >= 0.6 is 11.8 Å². The third kappa shape index (κ3) is 3.35. The smallest absolute Gasteiger partial charge is 0.341 e. The van der Waals surface area contributed by atoms with Gasteiger partial charge in [0.05, 0.1) is 6.20 Å². The predicted octanol–water partition coefficient (Wildman–Crippen LogP) is 2.87. The Kier molecular flexibility index (Phi) is 4.21. The average Bonchev–Trinajstić information content (AvgIpc) is 2.41. The Bertz CT molecular complexity index is 557. The van der Waals surface area contributed by atoms with Crippen LogP contribution in [0.1, 0.15) is 16.8 Å². The van der Waals surface area contributed by atoms with E-state index in [0.29, 0.717) is 12.2 Å². The zero-order valence-corrected chi connectivity index (χ0v) is 11.0. The van der Waals surface area contributed by atoms with E-state index in [9.17, 15) is 9.18 Å². The predicted molar refractivity (Wildman–Crippen MR) is 70.9 cm³/mol. The SMILES string of the molecule is CSC1C=CC=C(Oc2ncc(F)cc2C(=O)O)C1. The summed E-state index contributed by atoms with van der Waals surface area (Å²) in [6.45, 7) is 0. The van der Waals surface area contributed by atoms with E-state index in [0.717, 1.165) is 12.3 Å². The quantitative estimate of drug-likeness (QED) is 0.919. The van der Waals surface area contributed by atoms with Crippen molar-refractivity contribution in [3.8, 4) is 5.88 Å². The molecule has 0 radical (unpaired) electrons. The molecule has 0 aliphatic heterocycles. The summed E-state index contributed by atoms with van der Waals surface area (Å²) in [7, 11) is 0. The van der Waals surface area contributed by atoms with Crippen molar-refractivity contribution in [2.75, 3.05) is 6.26 Å². The number of nitrogens with zero attached hydrogens (tertiary/aromatic N) is 1. The van der Waals surface area contributed by atoms with Crippen molar-refractivity contribution in [2.24, 2.45) is 0 Å². The molecule has 1 unspecified atom stereocenters. The summed E-state index contributed by atoms with van der Waals surface area (Å²) in [4.78, 5) is 14.7. The summed E-state index contributed by atoms with van der Waals surface area (Å²) < 4.78 is 18.5. The van der Waals surface area contributed by atoms with Crippen LogP contribution in [0.2, 0.25) is 0 Å². The highest BCUT2D eigenvalue weighted by atomic mass is 32.2. The largest absolute Gasteiger partial charge is 0.477 e. The van der Waals surface area contributed by atoms with Crippen LogP contribution in [-0.2, 0) is 0 Å². The summed E-state index contributed by atoms with van der Waals surface area (Å²) in [5, 5.41) is 9.28. The monoisotopic (exact) mass is 281 g/mol. The molecule has 0 amide bonds. The number of hydrogen-bond acceptors (Lipinski definition) is 4. The van der Waals surface area contributed by atoms with E-state index in [4.69, 9.17) is 9.84 Å². The average molecular weight is 281 g/mol. The normalized spacial score (nSPS) is 18.0. The van der Waals surface area contributed by atoms with Gasteiger partial charge in [0.2, 0.25) is 5.88 Å². The van der Waals surface area contributed by atoms with Gasteiger partial charge >= 0.3 is 5.97 Å². The Labute approximate surface area is 114 Å². The number of pyridine rings is 1. The molecule has 100 valence electrons. The van der Waals surface area contributed by atoms with Crippen LogP contribution in [0.15, 0.2) is 36.3 Å². The summed E-state index contributed by atoms with van der Waals surface area (Å²) in [5.74, 6) is -1.45. The maximum absolute atomic E-state index is 13.0. The second kappa shape index (κ2) is 5.88. The molecule has 0 aromatic carbocycles. The molecule has 1 N–H and O–H groups in total. The third-order valence-electron chi connectivity index (χ3n) is 2.59. The molecular formula is C13H12FNO3S. The van der Waals surface area contributed by atoms with Crippen LogP contribution in [0, 0.1) is 5.82 Å². The van der Waals surface area contributed by atoms with E-state index in [1.165, 1.54) is 0 Å². The molecule has 4 nitrogen and oxygen atoms in total. The number of halogens is 1. The Hall–Kier alpha value is -1.82. The molecule has 1 atom stereocenters. The number of carboxylic acids is 1. The summed E-state index contributed by atoms with van der Waals surface area (Å²) in [5.41, 5.74) is -0.281. The number of carboxylic acid groups (broad SMARTS) is 1. The van der Waals surface area contributed by atoms with Crippen LogP contribution < -0.4 is 4.74 Å². The van der Waals surface area contributed by atoms with Crippen molar-refractivity contribution in [3.05, 3.63) is 47.6 Å². The number of hydrogen-bond donors (Lipinski definition) is 1. The van der Waals surface area contributed by atoms with Gasteiger partial charge in [-0.2, -0.15) is 11.8 Å². The molecule has 1 heterocycles. The zero-order valence-electron chi connectivity index (χ0n) is 10.2. The van der Waals surface area contributed by atoms with Gasteiger partial charge < -0.3 is 9.84 Å². The van der Waals surface area contributed by atoms with Crippen molar-refractivity contribution in [1.29, 1.82) is 0 Å². The van der Waals surface area contributed by atoms with Gasteiger partial charge in [0.1, 0.15) is 17.1 Å². The molecule has 0 saturated carbocycles. The Morgan fingerprint density at radius 2 is 2.42 bits per heavy atom. The van der Waals surface area contributed by atoms with Gasteiger partial charge in [-0.15, -0.1) is 0 Å². The Morgan fingerprint density at radius 1 is 1.63 bits per heavy atom. The van der Waals surface area contributed by atoms with E-state index in [-0.39, 0.29) is 16.7 Å². The van der Waals surface area contributed by atoms with Crippen LogP contribution in [0.3, 0.4) is 0 Å². The molecule has 2 rings (SSSR count). The van der Waals surface area contributed by atoms with Gasteiger partial charge in [-0.25, -0.2) is 14.2 Å². The Balaban J connectivity index is 2.22. The fraction of sp³-hybridized carbons (Fsp3) is 0.231. The van der Waals surface area contributed by atoms with Gasteiger partial charge in [-0.3, -0.25) is 0 Å². The number of aromatic nitrogens is 1. The number of aromatic carboxylic acids is 1. The molecule has 1 aliphatic carbocycles. The minimum absolute atomic E-state index is 0.0877. The first kappa shape index (κ1) is 13.6. The number of carbonyl (C=O) groups is 1. The fourth-order valence-electron chi connectivity index (χ4n) is 1.64. The minimum atomic E-state index is -1.27.